The molecule has 1 unspecified atom stereocenters. The highest BCUT2D eigenvalue weighted by Crippen LogP contribution is 2.40. The van der Waals surface area contributed by atoms with Crippen LogP contribution in [0.1, 0.15) is 23.1 Å². The second-order valence-electron chi connectivity index (χ2n) is 5.83. The average molecular weight is 338 g/mol. The van der Waals surface area contributed by atoms with Gasteiger partial charge in [-0.05, 0) is 17.7 Å². The molecule has 126 valence electrons. The normalized spacial score (nSPS) is 21.1. The molecule has 1 aliphatic rings. The fraction of sp³-hybridized carbons (Fsp3) is 0.375. The maximum atomic E-state index is 15.2. The van der Waals surface area contributed by atoms with E-state index in [1.165, 1.54) is 23.0 Å². The van der Waals surface area contributed by atoms with Crippen molar-refractivity contribution in [2.75, 3.05) is 18.0 Å². The summed E-state index contributed by atoms with van der Waals surface area (Å²) in [6.07, 6.45) is -2.90. The number of nitrogens with zero attached hydrogens (tertiary/aromatic N) is 4. The molecule has 0 N–H and O–H groups in total. The molecule has 8 heteroatoms. The van der Waals surface area contributed by atoms with Gasteiger partial charge in [-0.15, -0.1) is 0 Å². The Balaban J connectivity index is 1.86. The van der Waals surface area contributed by atoms with Crippen LogP contribution in [0.25, 0.3) is 0 Å². The van der Waals surface area contributed by atoms with Crippen molar-refractivity contribution in [1.29, 1.82) is 5.26 Å². The van der Waals surface area contributed by atoms with Crippen molar-refractivity contribution in [3.8, 4) is 6.07 Å². The first-order valence-corrected chi connectivity index (χ1v) is 7.28. The van der Waals surface area contributed by atoms with Crippen LogP contribution in [-0.2, 0) is 18.9 Å². The molecule has 4 nitrogen and oxygen atoms in total. The Bertz CT molecular complexity index is 788. The minimum atomic E-state index is -4.44. The number of anilines is 1. The molecular formula is C16H14F4N4. The highest BCUT2D eigenvalue weighted by Gasteiger charge is 2.42. The number of nitriles is 1. The quantitative estimate of drug-likeness (QED) is 0.789. The molecule has 0 radical (unpaired) electrons. The molecule has 1 aromatic carbocycles. The minimum Gasteiger partial charge on any atom is -0.352 e. The van der Waals surface area contributed by atoms with Gasteiger partial charge in [0.05, 0.1) is 18.3 Å². The molecular weight excluding hydrogens is 324 g/mol. The highest BCUT2D eigenvalue weighted by atomic mass is 19.4. The van der Waals surface area contributed by atoms with Gasteiger partial charge in [0, 0.05) is 20.0 Å². The molecule has 1 saturated heterocycles. The van der Waals surface area contributed by atoms with E-state index in [0.29, 0.717) is 17.9 Å². The van der Waals surface area contributed by atoms with Crippen molar-refractivity contribution in [3.63, 3.8) is 0 Å². The van der Waals surface area contributed by atoms with Gasteiger partial charge < -0.3 is 4.90 Å². The van der Waals surface area contributed by atoms with E-state index in [4.69, 9.17) is 5.26 Å². The van der Waals surface area contributed by atoms with Crippen molar-refractivity contribution in [3.05, 3.63) is 47.2 Å². The second-order valence-corrected chi connectivity index (χ2v) is 5.83. The molecule has 1 aliphatic heterocycles. The first-order chi connectivity index (χ1) is 11.2. The summed E-state index contributed by atoms with van der Waals surface area (Å²) >= 11 is 0. The largest absolute Gasteiger partial charge is 0.416 e. The van der Waals surface area contributed by atoms with Crippen LogP contribution < -0.4 is 4.90 Å². The fourth-order valence-electron chi connectivity index (χ4n) is 3.03. The zero-order chi connectivity index (χ0) is 17.5. The number of hydrogen-bond acceptors (Lipinski definition) is 3. The Morgan fingerprint density at radius 1 is 1.25 bits per heavy atom. The van der Waals surface area contributed by atoms with Crippen LogP contribution in [0.15, 0.2) is 30.5 Å². The molecule has 0 aliphatic carbocycles. The van der Waals surface area contributed by atoms with Gasteiger partial charge in [-0.3, -0.25) is 4.68 Å². The van der Waals surface area contributed by atoms with Crippen molar-refractivity contribution < 1.29 is 17.6 Å². The molecule has 0 amide bonds. The zero-order valence-corrected chi connectivity index (χ0v) is 12.8. The monoisotopic (exact) mass is 338 g/mol. The number of hydrogen-bond donors (Lipinski definition) is 0. The predicted molar refractivity (Wildman–Crippen MR) is 79.0 cm³/mol. The van der Waals surface area contributed by atoms with E-state index in [0.717, 1.165) is 12.1 Å². The first-order valence-electron chi connectivity index (χ1n) is 7.28. The summed E-state index contributed by atoms with van der Waals surface area (Å²) in [5.74, 6) is 0.518. The van der Waals surface area contributed by atoms with E-state index in [1.54, 1.807) is 11.9 Å². The molecule has 1 aromatic heterocycles. The van der Waals surface area contributed by atoms with Crippen LogP contribution in [0.3, 0.4) is 0 Å². The van der Waals surface area contributed by atoms with Gasteiger partial charge >= 0.3 is 6.18 Å². The summed E-state index contributed by atoms with van der Waals surface area (Å²) in [7, 11) is 1.66. The lowest BCUT2D eigenvalue weighted by Gasteiger charge is -2.23. The number of halogens is 4. The van der Waals surface area contributed by atoms with Gasteiger partial charge in [-0.2, -0.15) is 23.5 Å². The van der Waals surface area contributed by atoms with Gasteiger partial charge in [0.15, 0.2) is 5.67 Å². The van der Waals surface area contributed by atoms with Crippen molar-refractivity contribution >= 4 is 5.82 Å². The molecule has 0 spiro atoms. The topological polar surface area (TPSA) is 44.9 Å². The van der Waals surface area contributed by atoms with Gasteiger partial charge in [0.25, 0.3) is 0 Å². The Hall–Kier alpha value is -2.56. The second kappa shape index (κ2) is 5.51. The van der Waals surface area contributed by atoms with E-state index in [1.807, 2.05) is 6.07 Å². The predicted octanol–water partition coefficient (Wildman–Crippen LogP) is 3.39. The Morgan fingerprint density at radius 3 is 2.50 bits per heavy atom. The summed E-state index contributed by atoms with van der Waals surface area (Å²) in [6.45, 7) is 0.318. The van der Waals surface area contributed by atoms with Crippen LogP contribution in [0.2, 0.25) is 0 Å². The maximum Gasteiger partial charge on any atom is 0.416 e. The molecule has 3 rings (SSSR count). The lowest BCUT2D eigenvalue weighted by Crippen LogP contribution is -2.28. The number of aryl methyl sites for hydroxylation is 1. The fourth-order valence-corrected chi connectivity index (χ4v) is 3.03. The molecule has 2 heterocycles. The third-order valence-corrected chi connectivity index (χ3v) is 4.28. The number of alkyl halides is 4. The van der Waals surface area contributed by atoms with Crippen molar-refractivity contribution in [1.82, 2.24) is 9.78 Å². The van der Waals surface area contributed by atoms with Crippen LogP contribution >= 0.6 is 0 Å². The minimum absolute atomic E-state index is 0.0351. The molecule has 2 aromatic rings. The molecule has 0 bridgehead atoms. The standard InChI is InChI=1S/C16H14F4N4/c1-23-14(11(8-21)9-22-23)24-7-6-15(17,10-24)12-2-4-13(5-3-12)16(18,19)20/h2-5,9H,6-7,10H2,1H3. The SMILES string of the molecule is Cn1ncc(C#N)c1N1CCC(F)(c2ccc(C(F)(F)F)cc2)C1. The van der Waals surface area contributed by atoms with Crippen LogP contribution in [0, 0.1) is 11.3 Å². The van der Waals surface area contributed by atoms with E-state index in [2.05, 4.69) is 5.10 Å². The average Bonchev–Trinajstić information content (AvgIpc) is 3.10. The van der Waals surface area contributed by atoms with Crippen molar-refractivity contribution in [2.24, 2.45) is 7.05 Å². The number of benzene rings is 1. The maximum absolute atomic E-state index is 15.2. The van der Waals surface area contributed by atoms with Gasteiger partial charge in [-0.1, -0.05) is 12.1 Å². The van der Waals surface area contributed by atoms with E-state index in [-0.39, 0.29) is 18.5 Å². The third kappa shape index (κ3) is 2.70. The summed E-state index contributed by atoms with van der Waals surface area (Å²) in [5.41, 5.74) is -2.02. The zero-order valence-electron chi connectivity index (χ0n) is 12.8. The molecule has 0 saturated carbocycles. The van der Waals surface area contributed by atoms with Crippen LogP contribution in [-0.4, -0.2) is 22.9 Å². The summed E-state index contributed by atoms with van der Waals surface area (Å²) in [6, 6.07) is 6.16. The van der Waals surface area contributed by atoms with Gasteiger partial charge in [-0.25, -0.2) is 4.39 Å². The van der Waals surface area contributed by atoms with Gasteiger partial charge in [0.2, 0.25) is 0 Å². The third-order valence-electron chi connectivity index (χ3n) is 4.28. The summed E-state index contributed by atoms with van der Waals surface area (Å²) in [4.78, 5) is 1.70. The van der Waals surface area contributed by atoms with Crippen LogP contribution in [0.4, 0.5) is 23.4 Å². The lowest BCUT2D eigenvalue weighted by atomic mass is 9.94. The molecule has 24 heavy (non-hydrogen) atoms. The van der Waals surface area contributed by atoms with E-state index in [9.17, 15) is 13.2 Å². The van der Waals surface area contributed by atoms with Gasteiger partial charge in [0.1, 0.15) is 17.5 Å². The summed E-state index contributed by atoms with van der Waals surface area (Å²) in [5, 5.41) is 13.1. The Labute approximate surface area is 135 Å². The first kappa shape index (κ1) is 16.3. The molecule has 1 fully saturated rings. The lowest BCUT2D eigenvalue weighted by molar-refractivity contribution is -0.137. The van der Waals surface area contributed by atoms with Crippen molar-refractivity contribution in [2.45, 2.75) is 18.3 Å². The summed E-state index contributed by atoms with van der Waals surface area (Å²) < 4.78 is 54.6. The van der Waals surface area contributed by atoms with Crippen LogP contribution in [0.5, 0.6) is 0 Å². The smallest absolute Gasteiger partial charge is 0.352 e. The highest BCUT2D eigenvalue weighted by molar-refractivity contribution is 5.55. The Morgan fingerprint density at radius 2 is 1.92 bits per heavy atom. The Kier molecular flexibility index (Phi) is 3.74. The molecule has 1 atom stereocenters. The number of aromatic nitrogens is 2. The number of rotatable bonds is 2. The van der Waals surface area contributed by atoms with E-state index >= 15 is 4.39 Å². The van der Waals surface area contributed by atoms with E-state index < -0.39 is 17.4 Å².